The smallest absolute Gasteiger partial charge is 0.323 e. The molecule has 0 atom stereocenters. The molecule has 0 aromatic heterocycles. The molecule has 0 radical (unpaired) electrons. The molecule has 2 aromatic carbocycles. The van der Waals surface area contributed by atoms with E-state index in [0.29, 0.717) is 28.6 Å². The quantitative estimate of drug-likeness (QED) is 0.909. The van der Waals surface area contributed by atoms with Crippen molar-refractivity contribution in [2.45, 2.75) is 0 Å². The Kier molecular flexibility index (Phi) is 3.51. The Labute approximate surface area is 121 Å². The molecule has 0 spiro atoms. The zero-order chi connectivity index (χ0) is 14.7. The highest BCUT2D eigenvalue weighted by Crippen LogP contribution is 2.34. The van der Waals surface area contributed by atoms with Crippen molar-refractivity contribution in [3.05, 3.63) is 42.5 Å². The summed E-state index contributed by atoms with van der Waals surface area (Å²) in [6, 6.07) is 12.0. The van der Waals surface area contributed by atoms with E-state index in [0.717, 1.165) is 0 Å². The number of ether oxygens (including phenoxy) is 3. The van der Waals surface area contributed by atoms with E-state index in [1.165, 1.54) is 0 Å². The van der Waals surface area contributed by atoms with Crippen LogP contribution >= 0.6 is 0 Å². The number of rotatable bonds is 3. The first kappa shape index (κ1) is 13.1. The highest BCUT2D eigenvalue weighted by molar-refractivity contribution is 6.00. The molecule has 6 heteroatoms. The van der Waals surface area contributed by atoms with E-state index in [-0.39, 0.29) is 12.8 Å². The lowest BCUT2D eigenvalue weighted by molar-refractivity contribution is 0.174. The molecule has 2 N–H and O–H groups in total. The van der Waals surface area contributed by atoms with Gasteiger partial charge in [-0.2, -0.15) is 0 Å². The minimum absolute atomic E-state index is 0.201. The van der Waals surface area contributed by atoms with Gasteiger partial charge >= 0.3 is 6.03 Å². The standard InChI is InChI=1S/C15H14N2O4/c1-19-12-5-3-2-4-11(12)17-15(18)16-10-6-7-13-14(8-10)21-9-20-13/h2-8H,9H2,1H3,(H2,16,17,18). The molecule has 1 aliphatic heterocycles. The van der Waals surface area contributed by atoms with Crippen LogP contribution in [0.5, 0.6) is 17.2 Å². The van der Waals surface area contributed by atoms with Crippen LogP contribution in [-0.4, -0.2) is 19.9 Å². The molecule has 0 aliphatic carbocycles. The van der Waals surface area contributed by atoms with Gasteiger partial charge in [-0.05, 0) is 24.3 Å². The second-order valence-corrected chi connectivity index (χ2v) is 4.35. The molecule has 2 aromatic rings. The fourth-order valence-corrected chi connectivity index (χ4v) is 2.01. The van der Waals surface area contributed by atoms with Gasteiger partial charge in [0, 0.05) is 11.8 Å². The Morgan fingerprint density at radius 3 is 2.76 bits per heavy atom. The molecule has 2 amide bonds. The van der Waals surface area contributed by atoms with Crippen LogP contribution in [0.15, 0.2) is 42.5 Å². The van der Waals surface area contributed by atoms with Gasteiger partial charge in [-0.1, -0.05) is 12.1 Å². The summed E-state index contributed by atoms with van der Waals surface area (Å²) in [4.78, 5) is 12.0. The van der Waals surface area contributed by atoms with Crippen molar-refractivity contribution >= 4 is 17.4 Å². The van der Waals surface area contributed by atoms with E-state index in [2.05, 4.69) is 10.6 Å². The number of para-hydroxylation sites is 2. The van der Waals surface area contributed by atoms with Crippen LogP contribution in [0.4, 0.5) is 16.2 Å². The first-order valence-electron chi connectivity index (χ1n) is 6.37. The van der Waals surface area contributed by atoms with Crippen LogP contribution in [0.25, 0.3) is 0 Å². The average Bonchev–Trinajstić information content (AvgIpc) is 2.95. The van der Waals surface area contributed by atoms with Gasteiger partial charge in [0.05, 0.1) is 12.8 Å². The van der Waals surface area contributed by atoms with Crippen LogP contribution in [0.2, 0.25) is 0 Å². The van der Waals surface area contributed by atoms with Crippen molar-refractivity contribution in [2.75, 3.05) is 24.5 Å². The summed E-state index contributed by atoms with van der Waals surface area (Å²) in [5.41, 5.74) is 1.21. The molecule has 0 saturated carbocycles. The minimum Gasteiger partial charge on any atom is -0.495 e. The Hall–Kier alpha value is -2.89. The summed E-state index contributed by atoms with van der Waals surface area (Å²) in [6.45, 7) is 0.201. The van der Waals surface area contributed by atoms with Crippen LogP contribution in [-0.2, 0) is 0 Å². The van der Waals surface area contributed by atoms with Gasteiger partial charge in [-0.15, -0.1) is 0 Å². The fraction of sp³-hybridized carbons (Fsp3) is 0.133. The van der Waals surface area contributed by atoms with E-state index in [1.807, 2.05) is 12.1 Å². The van der Waals surface area contributed by atoms with Crippen molar-refractivity contribution in [2.24, 2.45) is 0 Å². The largest absolute Gasteiger partial charge is 0.495 e. The van der Waals surface area contributed by atoms with Crippen molar-refractivity contribution in [3.63, 3.8) is 0 Å². The number of fused-ring (bicyclic) bond motifs is 1. The Morgan fingerprint density at radius 1 is 1.10 bits per heavy atom. The third-order valence-electron chi connectivity index (χ3n) is 2.99. The number of urea groups is 1. The Bertz CT molecular complexity index is 672. The summed E-state index contributed by atoms with van der Waals surface area (Å²) >= 11 is 0. The second kappa shape index (κ2) is 5.62. The van der Waals surface area contributed by atoms with Gasteiger partial charge in [0.15, 0.2) is 11.5 Å². The van der Waals surface area contributed by atoms with Crippen LogP contribution in [0, 0.1) is 0 Å². The Morgan fingerprint density at radius 2 is 1.90 bits per heavy atom. The molecule has 0 bridgehead atoms. The normalized spacial score (nSPS) is 11.9. The summed E-state index contributed by atoms with van der Waals surface area (Å²) in [5.74, 6) is 1.88. The van der Waals surface area contributed by atoms with Gasteiger partial charge < -0.3 is 24.8 Å². The maximum atomic E-state index is 12.0. The number of nitrogens with one attached hydrogen (secondary N) is 2. The first-order valence-corrected chi connectivity index (χ1v) is 6.37. The molecule has 0 unspecified atom stereocenters. The topological polar surface area (TPSA) is 68.8 Å². The molecule has 0 fully saturated rings. The number of methoxy groups -OCH3 is 1. The molecule has 0 saturated heterocycles. The van der Waals surface area contributed by atoms with Gasteiger partial charge in [-0.3, -0.25) is 0 Å². The van der Waals surface area contributed by atoms with Crippen molar-refractivity contribution in [1.29, 1.82) is 0 Å². The number of carbonyl (C=O) groups is 1. The molecular formula is C15H14N2O4. The number of benzene rings is 2. The molecule has 108 valence electrons. The van der Waals surface area contributed by atoms with E-state index < -0.39 is 0 Å². The molecule has 21 heavy (non-hydrogen) atoms. The zero-order valence-electron chi connectivity index (χ0n) is 11.4. The van der Waals surface area contributed by atoms with Gasteiger partial charge in [0.1, 0.15) is 5.75 Å². The maximum absolute atomic E-state index is 12.0. The number of anilines is 2. The summed E-state index contributed by atoms with van der Waals surface area (Å²) in [7, 11) is 1.55. The van der Waals surface area contributed by atoms with Gasteiger partial charge in [0.2, 0.25) is 6.79 Å². The van der Waals surface area contributed by atoms with Crippen molar-refractivity contribution in [3.8, 4) is 17.2 Å². The van der Waals surface area contributed by atoms with Crippen LogP contribution < -0.4 is 24.8 Å². The predicted octanol–water partition coefficient (Wildman–Crippen LogP) is 3.07. The highest BCUT2D eigenvalue weighted by atomic mass is 16.7. The number of hydrogen-bond acceptors (Lipinski definition) is 4. The summed E-state index contributed by atoms with van der Waals surface area (Å²) < 4.78 is 15.7. The lowest BCUT2D eigenvalue weighted by atomic mass is 10.3. The van der Waals surface area contributed by atoms with Crippen molar-refractivity contribution in [1.82, 2.24) is 0 Å². The first-order chi connectivity index (χ1) is 10.3. The third-order valence-corrected chi connectivity index (χ3v) is 2.99. The molecule has 3 rings (SSSR count). The molecule has 1 heterocycles. The second-order valence-electron chi connectivity index (χ2n) is 4.35. The summed E-state index contributed by atoms with van der Waals surface area (Å²) in [5, 5.41) is 5.46. The number of hydrogen-bond donors (Lipinski definition) is 2. The van der Waals surface area contributed by atoms with E-state index >= 15 is 0 Å². The van der Waals surface area contributed by atoms with E-state index in [4.69, 9.17) is 14.2 Å². The zero-order valence-corrected chi connectivity index (χ0v) is 11.4. The molecule has 6 nitrogen and oxygen atoms in total. The fourth-order valence-electron chi connectivity index (χ4n) is 2.01. The van der Waals surface area contributed by atoms with Gasteiger partial charge in [0.25, 0.3) is 0 Å². The SMILES string of the molecule is COc1ccccc1NC(=O)Nc1ccc2c(c1)OCO2. The molecular weight excluding hydrogens is 272 g/mol. The average molecular weight is 286 g/mol. The molecule has 1 aliphatic rings. The number of carbonyl (C=O) groups excluding carboxylic acids is 1. The monoisotopic (exact) mass is 286 g/mol. The van der Waals surface area contributed by atoms with Gasteiger partial charge in [-0.25, -0.2) is 4.79 Å². The van der Waals surface area contributed by atoms with E-state index in [9.17, 15) is 4.79 Å². The predicted molar refractivity (Wildman–Crippen MR) is 78.2 cm³/mol. The maximum Gasteiger partial charge on any atom is 0.323 e. The summed E-state index contributed by atoms with van der Waals surface area (Å²) in [6.07, 6.45) is 0. The lowest BCUT2D eigenvalue weighted by Crippen LogP contribution is -2.19. The Balaban J connectivity index is 1.69. The highest BCUT2D eigenvalue weighted by Gasteiger charge is 2.14. The van der Waals surface area contributed by atoms with E-state index in [1.54, 1.807) is 37.4 Å². The van der Waals surface area contributed by atoms with Crippen molar-refractivity contribution < 1.29 is 19.0 Å². The minimum atomic E-state index is -0.363. The van der Waals surface area contributed by atoms with Crippen LogP contribution in [0.1, 0.15) is 0 Å². The number of amides is 2. The lowest BCUT2D eigenvalue weighted by Gasteiger charge is -2.11. The third kappa shape index (κ3) is 2.84. The van der Waals surface area contributed by atoms with Crippen LogP contribution in [0.3, 0.4) is 0 Å².